The van der Waals surface area contributed by atoms with Crippen LogP contribution >= 0.6 is 12.4 Å². The number of methoxy groups -OCH3 is 1. The Balaban J connectivity index is 0.00000441. The fourth-order valence-electron chi connectivity index (χ4n) is 2.25. The van der Waals surface area contributed by atoms with E-state index in [-0.39, 0.29) is 36.8 Å². The standard InChI is InChI=1S/C16H26N2O3.ClH/c1-12(19)8-14(13-6-4-3-5-7-13)11-18-16(20)9-15(10-17)21-2;/h3-7,12,14-15,19H,8-11,17H2,1-2H3,(H,18,20);1H. The fourth-order valence-corrected chi connectivity index (χ4v) is 2.25. The number of amides is 1. The Morgan fingerprint density at radius 3 is 2.50 bits per heavy atom. The third-order valence-electron chi connectivity index (χ3n) is 3.45. The van der Waals surface area contributed by atoms with E-state index < -0.39 is 6.10 Å². The van der Waals surface area contributed by atoms with Crippen molar-refractivity contribution in [2.24, 2.45) is 5.73 Å². The van der Waals surface area contributed by atoms with Gasteiger partial charge in [-0.3, -0.25) is 4.79 Å². The minimum absolute atomic E-state index is 0. The van der Waals surface area contributed by atoms with Crippen molar-refractivity contribution in [1.82, 2.24) is 5.32 Å². The number of hydrogen-bond acceptors (Lipinski definition) is 4. The number of nitrogens with one attached hydrogen (secondary N) is 1. The summed E-state index contributed by atoms with van der Waals surface area (Å²) in [5.74, 6) is 0.00726. The van der Waals surface area contributed by atoms with Gasteiger partial charge in [-0.15, -0.1) is 12.4 Å². The minimum atomic E-state index is -0.414. The van der Waals surface area contributed by atoms with Crippen LogP contribution in [0.15, 0.2) is 30.3 Å². The average molecular weight is 331 g/mol. The predicted molar refractivity (Wildman–Crippen MR) is 90.2 cm³/mol. The first kappa shape index (κ1) is 20.9. The van der Waals surface area contributed by atoms with Crippen molar-refractivity contribution in [3.63, 3.8) is 0 Å². The van der Waals surface area contributed by atoms with Crippen molar-refractivity contribution < 1.29 is 14.6 Å². The van der Waals surface area contributed by atoms with Gasteiger partial charge in [-0.2, -0.15) is 0 Å². The number of carbonyl (C=O) groups excluding carboxylic acids is 1. The summed E-state index contributed by atoms with van der Waals surface area (Å²) in [7, 11) is 1.55. The molecule has 0 aliphatic carbocycles. The van der Waals surface area contributed by atoms with E-state index in [4.69, 9.17) is 10.5 Å². The molecule has 1 aromatic carbocycles. The Bertz CT molecular complexity index is 411. The van der Waals surface area contributed by atoms with Gasteiger partial charge in [0.15, 0.2) is 0 Å². The number of aliphatic hydroxyl groups excluding tert-OH is 1. The second kappa shape index (κ2) is 11.4. The highest BCUT2D eigenvalue weighted by Crippen LogP contribution is 2.20. The summed E-state index contributed by atoms with van der Waals surface area (Å²) < 4.78 is 5.10. The van der Waals surface area contributed by atoms with Gasteiger partial charge in [-0.25, -0.2) is 0 Å². The van der Waals surface area contributed by atoms with E-state index in [0.717, 1.165) is 5.56 Å². The van der Waals surface area contributed by atoms with Crippen LogP contribution in [0.1, 0.15) is 31.2 Å². The Kier molecular flexibility index (Phi) is 10.8. The molecule has 0 heterocycles. The summed E-state index contributed by atoms with van der Waals surface area (Å²) in [4.78, 5) is 11.9. The monoisotopic (exact) mass is 330 g/mol. The van der Waals surface area contributed by atoms with Crippen LogP contribution in [-0.4, -0.2) is 43.4 Å². The Labute approximate surface area is 138 Å². The second-order valence-corrected chi connectivity index (χ2v) is 5.29. The maximum absolute atomic E-state index is 11.9. The molecule has 3 atom stereocenters. The second-order valence-electron chi connectivity index (χ2n) is 5.29. The molecule has 0 bridgehead atoms. The molecule has 0 saturated heterocycles. The molecule has 0 aliphatic heterocycles. The number of hydrogen-bond donors (Lipinski definition) is 3. The van der Waals surface area contributed by atoms with Gasteiger partial charge in [0.1, 0.15) is 0 Å². The van der Waals surface area contributed by atoms with Gasteiger partial charge in [0.25, 0.3) is 0 Å². The van der Waals surface area contributed by atoms with Gasteiger partial charge in [-0.05, 0) is 18.9 Å². The van der Waals surface area contributed by atoms with Crippen LogP contribution in [0.5, 0.6) is 0 Å². The number of carbonyl (C=O) groups is 1. The first-order valence-corrected chi connectivity index (χ1v) is 7.29. The van der Waals surface area contributed by atoms with Gasteiger partial charge >= 0.3 is 0 Å². The zero-order chi connectivity index (χ0) is 15.7. The summed E-state index contributed by atoms with van der Waals surface area (Å²) in [6.07, 6.45) is 0.192. The van der Waals surface area contributed by atoms with Crippen molar-refractivity contribution in [1.29, 1.82) is 0 Å². The lowest BCUT2D eigenvalue weighted by molar-refractivity contribution is -0.123. The Hall–Kier alpha value is -1.14. The fraction of sp³-hybridized carbons (Fsp3) is 0.562. The molecule has 0 saturated carbocycles. The van der Waals surface area contributed by atoms with Crippen LogP contribution < -0.4 is 11.1 Å². The molecule has 22 heavy (non-hydrogen) atoms. The van der Waals surface area contributed by atoms with Gasteiger partial charge in [0, 0.05) is 26.1 Å². The third-order valence-corrected chi connectivity index (χ3v) is 3.45. The number of ether oxygens (including phenoxy) is 1. The highest BCUT2D eigenvalue weighted by atomic mass is 35.5. The number of aliphatic hydroxyl groups is 1. The molecule has 5 nitrogen and oxygen atoms in total. The van der Waals surface area contributed by atoms with Gasteiger partial charge in [0.2, 0.25) is 5.91 Å². The van der Waals surface area contributed by atoms with Crippen LogP contribution in [-0.2, 0) is 9.53 Å². The SMILES string of the molecule is COC(CN)CC(=O)NCC(CC(C)O)c1ccccc1.Cl. The van der Waals surface area contributed by atoms with Gasteiger partial charge < -0.3 is 20.9 Å². The number of rotatable bonds is 9. The molecule has 4 N–H and O–H groups in total. The zero-order valence-electron chi connectivity index (χ0n) is 13.2. The Morgan fingerprint density at radius 2 is 2.00 bits per heavy atom. The van der Waals surface area contributed by atoms with Crippen LogP contribution in [0.4, 0.5) is 0 Å². The van der Waals surface area contributed by atoms with Crippen molar-refractivity contribution >= 4 is 18.3 Å². The van der Waals surface area contributed by atoms with Crippen LogP contribution in [0, 0.1) is 0 Å². The van der Waals surface area contributed by atoms with E-state index in [2.05, 4.69) is 5.32 Å². The molecule has 6 heteroatoms. The smallest absolute Gasteiger partial charge is 0.222 e. The van der Waals surface area contributed by atoms with E-state index in [1.165, 1.54) is 0 Å². The van der Waals surface area contributed by atoms with E-state index >= 15 is 0 Å². The van der Waals surface area contributed by atoms with Crippen LogP contribution in [0.25, 0.3) is 0 Å². The highest BCUT2D eigenvalue weighted by molar-refractivity contribution is 5.85. The van der Waals surface area contributed by atoms with E-state index in [0.29, 0.717) is 19.5 Å². The maximum Gasteiger partial charge on any atom is 0.222 e. The molecule has 0 aromatic heterocycles. The van der Waals surface area contributed by atoms with Crippen molar-refractivity contribution in [2.45, 2.75) is 37.9 Å². The molecule has 0 radical (unpaired) electrons. The summed E-state index contributed by atoms with van der Waals surface area (Å²) in [6, 6.07) is 9.89. The summed E-state index contributed by atoms with van der Waals surface area (Å²) in [5, 5.41) is 12.5. The number of nitrogens with two attached hydrogens (primary N) is 1. The minimum Gasteiger partial charge on any atom is -0.393 e. The predicted octanol–water partition coefficient (Wildman–Crippen LogP) is 1.44. The summed E-state index contributed by atoms with van der Waals surface area (Å²) >= 11 is 0. The van der Waals surface area contributed by atoms with Gasteiger partial charge in [0.05, 0.1) is 18.6 Å². The van der Waals surface area contributed by atoms with Crippen LogP contribution in [0.3, 0.4) is 0 Å². The number of halogens is 1. The van der Waals surface area contributed by atoms with Crippen molar-refractivity contribution in [3.05, 3.63) is 35.9 Å². The first-order valence-electron chi connectivity index (χ1n) is 7.29. The summed E-state index contributed by atoms with van der Waals surface area (Å²) in [5.41, 5.74) is 6.62. The molecule has 0 fully saturated rings. The first-order chi connectivity index (χ1) is 10.1. The highest BCUT2D eigenvalue weighted by Gasteiger charge is 2.17. The topological polar surface area (TPSA) is 84.6 Å². The molecule has 1 aromatic rings. The summed E-state index contributed by atoms with van der Waals surface area (Å²) in [6.45, 7) is 2.57. The van der Waals surface area contributed by atoms with Crippen molar-refractivity contribution in [2.75, 3.05) is 20.2 Å². The molecule has 1 rings (SSSR count). The lowest BCUT2D eigenvalue weighted by Gasteiger charge is -2.20. The lowest BCUT2D eigenvalue weighted by Crippen LogP contribution is -2.34. The normalized spacial score (nSPS) is 14.5. The number of benzene rings is 1. The zero-order valence-corrected chi connectivity index (χ0v) is 14.0. The van der Waals surface area contributed by atoms with Gasteiger partial charge in [-0.1, -0.05) is 30.3 Å². The lowest BCUT2D eigenvalue weighted by atomic mass is 9.93. The molecule has 1 amide bonds. The molecular weight excluding hydrogens is 304 g/mol. The largest absolute Gasteiger partial charge is 0.393 e. The third kappa shape index (κ3) is 7.75. The van der Waals surface area contributed by atoms with E-state index in [1.807, 2.05) is 30.3 Å². The maximum atomic E-state index is 11.9. The average Bonchev–Trinajstić information content (AvgIpc) is 2.49. The van der Waals surface area contributed by atoms with Crippen LogP contribution in [0.2, 0.25) is 0 Å². The molecule has 3 unspecified atom stereocenters. The molecular formula is C16H27ClN2O3. The molecule has 0 spiro atoms. The Morgan fingerprint density at radius 1 is 1.36 bits per heavy atom. The van der Waals surface area contributed by atoms with E-state index in [1.54, 1.807) is 14.0 Å². The molecule has 0 aliphatic rings. The quantitative estimate of drug-likeness (QED) is 0.639. The van der Waals surface area contributed by atoms with E-state index in [9.17, 15) is 9.90 Å². The molecule has 126 valence electrons. The van der Waals surface area contributed by atoms with Crippen molar-refractivity contribution in [3.8, 4) is 0 Å².